The zero-order valence-electron chi connectivity index (χ0n) is 11.6. The molecule has 5 nitrogen and oxygen atoms in total. The summed E-state index contributed by atoms with van der Waals surface area (Å²) in [5, 5.41) is 23.2. The molecule has 2 atom stereocenters. The first-order chi connectivity index (χ1) is 9.99. The molecule has 0 spiro atoms. The predicted octanol–water partition coefficient (Wildman–Crippen LogP) is 1.33. The summed E-state index contributed by atoms with van der Waals surface area (Å²) in [5.41, 5.74) is 0.882. The molecule has 0 radical (unpaired) electrons. The number of aliphatic hydroxyl groups is 1. The summed E-state index contributed by atoms with van der Waals surface area (Å²) in [4.78, 5) is 22.2. The Hall–Kier alpha value is -2.40. The van der Waals surface area contributed by atoms with Gasteiger partial charge in [0.25, 0.3) is 0 Å². The fraction of sp³-hybridized carbons (Fsp3) is 0.250. The molecule has 0 saturated carbocycles. The maximum Gasteiger partial charge on any atom is 0.334 e. The van der Waals surface area contributed by atoms with Gasteiger partial charge in [-0.05, 0) is 22.8 Å². The molecule has 2 rings (SSSR count). The van der Waals surface area contributed by atoms with Crippen LogP contribution in [-0.2, 0) is 16.0 Å². The summed E-state index contributed by atoms with van der Waals surface area (Å²) in [5.74, 6) is -1.73. The number of aliphatic carboxylic acids is 1. The molecule has 21 heavy (non-hydrogen) atoms. The third kappa shape index (κ3) is 3.58. The first-order valence-electron chi connectivity index (χ1n) is 6.63. The smallest absolute Gasteiger partial charge is 0.334 e. The average Bonchev–Trinajstić information content (AvgIpc) is 2.45. The van der Waals surface area contributed by atoms with Gasteiger partial charge in [-0.15, -0.1) is 0 Å². The molecule has 0 aliphatic rings. The van der Waals surface area contributed by atoms with Crippen molar-refractivity contribution < 1.29 is 19.8 Å². The Bertz CT molecular complexity index is 663. The summed E-state index contributed by atoms with van der Waals surface area (Å²) in [6.45, 7) is 1.30. The van der Waals surface area contributed by atoms with E-state index in [1.807, 2.05) is 42.5 Å². The van der Waals surface area contributed by atoms with E-state index < -0.39 is 18.1 Å². The average molecular weight is 287 g/mol. The fourth-order valence-electron chi connectivity index (χ4n) is 2.38. The van der Waals surface area contributed by atoms with E-state index >= 15 is 0 Å². The molecule has 0 aliphatic heterocycles. The molecule has 0 saturated heterocycles. The van der Waals surface area contributed by atoms with Gasteiger partial charge in [-0.2, -0.15) is 0 Å². The van der Waals surface area contributed by atoms with Crippen molar-refractivity contribution in [3.63, 3.8) is 0 Å². The zero-order chi connectivity index (χ0) is 15.4. The number of carboxylic acids is 1. The molecule has 2 aromatic carbocycles. The maximum atomic E-state index is 11.2. The van der Waals surface area contributed by atoms with Crippen LogP contribution in [0, 0.1) is 0 Å². The predicted molar refractivity (Wildman–Crippen MR) is 78.9 cm³/mol. The van der Waals surface area contributed by atoms with E-state index in [0.717, 1.165) is 16.3 Å². The van der Waals surface area contributed by atoms with Gasteiger partial charge in [-0.25, -0.2) is 4.79 Å². The molecule has 5 heteroatoms. The van der Waals surface area contributed by atoms with Gasteiger partial charge in [-0.3, -0.25) is 4.79 Å². The van der Waals surface area contributed by atoms with Crippen LogP contribution < -0.4 is 5.32 Å². The van der Waals surface area contributed by atoms with Crippen LogP contribution in [0.15, 0.2) is 42.5 Å². The van der Waals surface area contributed by atoms with Crippen molar-refractivity contribution in [3.05, 3.63) is 48.0 Å². The number of aliphatic hydroxyl groups excluding tert-OH is 1. The Balaban J connectivity index is 2.34. The molecule has 2 unspecified atom stereocenters. The number of nitrogens with one attached hydrogen (secondary N) is 1. The van der Waals surface area contributed by atoms with Crippen molar-refractivity contribution in [2.45, 2.75) is 25.5 Å². The molecular formula is C16H17NO4. The van der Waals surface area contributed by atoms with E-state index in [1.54, 1.807) is 0 Å². The van der Waals surface area contributed by atoms with E-state index in [9.17, 15) is 14.7 Å². The normalized spacial score (nSPS) is 13.6. The highest BCUT2D eigenvalue weighted by molar-refractivity contribution is 5.86. The molecule has 0 aliphatic carbocycles. The summed E-state index contributed by atoms with van der Waals surface area (Å²) in [7, 11) is 0. The van der Waals surface area contributed by atoms with Crippen molar-refractivity contribution in [1.82, 2.24) is 5.32 Å². The van der Waals surface area contributed by atoms with Crippen LogP contribution in [0.4, 0.5) is 0 Å². The second-order valence-electron chi connectivity index (χ2n) is 4.93. The molecule has 110 valence electrons. The number of carbonyl (C=O) groups excluding carboxylic acids is 1. The number of rotatable bonds is 5. The van der Waals surface area contributed by atoms with E-state index in [-0.39, 0.29) is 12.3 Å². The van der Waals surface area contributed by atoms with Gasteiger partial charge in [0, 0.05) is 6.92 Å². The zero-order valence-corrected chi connectivity index (χ0v) is 11.6. The first-order valence-corrected chi connectivity index (χ1v) is 6.63. The van der Waals surface area contributed by atoms with Crippen LogP contribution in [0.5, 0.6) is 0 Å². The topological polar surface area (TPSA) is 86.6 Å². The lowest BCUT2D eigenvalue weighted by Crippen LogP contribution is -2.47. The Morgan fingerprint density at radius 2 is 1.81 bits per heavy atom. The molecule has 0 fully saturated rings. The summed E-state index contributed by atoms with van der Waals surface area (Å²) >= 11 is 0. The van der Waals surface area contributed by atoms with Gasteiger partial charge in [0.1, 0.15) is 0 Å². The Labute approximate surface area is 122 Å². The molecule has 0 aromatic heterocycles. The van der Waals surface area contributed by atoms with Crippen LogP contribution in [0.2, 0.25) is 0 Å². The molecule has 3 N–H and O–H groups in total. The van der Waals surface area contributed by atoms with Crippen LogP contribution in [0.1, 0.15) is 12.5 Å². The monoisotopic (exact) mass is 287 g/mol. The second-order valence-corrected chi connectivity index (χ2v) is 4.93. The van der Waals surface area contributed by atoms with E-state index in [1.165, 1.54) is 6.92 Å². The van der Waals surface area contributed by atoms with Gasteiger partial charge in [0.15, 0.2) is 6.10 Å². The number of carboxylic acid groups (broad SMARTS) is 1. The van der Waals surface area contributed by atoms with E-state index in [2.05, 4.69) is 5.32 Å². The Kier molecular flexibility index (Phi) is 4.55. The van der Waals surface area contributed by atoms with Gasteiger partial charge in [0.05, 0.1) is 6.04 Å². The minimum atomic E-state index is -1.65. The van der Waals surface area contributed by atoms with Crippen molar-refractivity contribution in [2.75, 3.05) is 0 Å². The van der Waals surface area contributed by atoms with Gasteiger partial charge < -0.3 is 15.5 Å². The van der Waals surface area contributed by atoms with Gasteiger partial charge in [-0.1, -0.05) is 42.5 Å². The van der Waals surface area contributed by atoms with Crippen molar-refractivity contribution in [3.8, 4) is 0 Å². The second kappa shape index (κ2) is 6.37. The van der Waals surface area contributed by atoms with Crippen LogP contribution in [0.25, 0.3) is 10.8 Å². The minimum Gasteiger partial charge on any atom is -0.479 e. The summed E-state index contributed by atoms with van der Waals surface area (Å²) in [6, 6.07) is 12.5. The summed E-state index contributed by atoms with van der Waals surface area (Å²) < 4.78 is 0. The molecule has 0 bridgehead atoms. The van der Waals surface area contributed by atoms with E-state index in [4.69, 9.17) is 5.11 Å². The molecule has 1 amide bonds. The first kappa shape index (κ1) is 15.0. The minimum absolute atomic E-state index is 0.244. The van der Waals surface area contributed by atoms with Crippen LogP contribution in [-0.4, -0.2) is 34.2 Å². The van der Waals surface area contributed by atoms with Crippen LogP contribution >= 0.6 is 0 Å². The number of fused-ring (bicyclic) bond motifs is 1. The largest absolute Gasteiger partial charge is 0.479 e. The number of carbonyl (C=O) groups is 2. The highest BCUT2D eigenvalue weighted by Gasteiger charge is 2.27. The van der Waals surface area contributed by atoms with Crippen molar-refractivity contribution in [1.29, 1.82) is 0 Å². The fourth-order valence-corrected chi connectivity index (χ4v) is 2.38. The van der Waals surface area contributed by atoms with Gasteiger partial charge in [0.2, 0.25) is 5.91 Å². The number of benzene rings is 2. The molecule has 0 heterocycles. The molecule has 2 aromatic rings. The standard InChI is InChI=1S/C16H17NO4/c1-10(18)17-14(15(19)16(20)21)9-12-7-4-6-11-5-2-3-8-13(11)12/h2-8,14-15,19H,9H2,1H3,(H,17,18)(H,20,21). The lowest BCUT2D eigenvalue weighted by atomic mass is 9.96. The maximum absolute atomic E-state index is 11.2. The number of hydrogen-bond donors (Lipinski definition) is 3. The molecular weight excluding hydrogens is 270 g/mol. The SMILES string of the molecule is CC(=O)NC(Cc1cccc2ccccc12)C(O)C(=O)O. The van der Waals surface area contributed by atoms with Crippen LogP contribution in [0.3, 0.4) is 0 Å². The lowest BCUT2D eigenvalue weighted by Gasteiger charge is -2.21. The third-order valence-corrected chi connectivity index (χ3v) is 3.34. The van der Waals surface area contributed by atoms with Gasteiger partial charge >= 0.3 is 5.97 Å². The third-order valence-electron chi connectivity index (χ3n) is 3.34. The van der Waals surface area contributed by atoms with E-state index in [0.29, 0.717) is 0 Å². The highest BCUT2D eigenvalue weighted by Crippen LogP contribution is 2.20. The van der Waals surface area contributed by atoms with Crippen molar-refractivity contribution in [2.24, 2.45) is 0 Å². The number of hydrogen-bond acceptors (Lipinski definition) is 3. The van der Waals surface area contributed by atoms with Crippen molar-refractivity contribution >= 4 is 22.6 Å². The summed E-state index contributed by atoms with van der Waals surface area (Å²) in [6.07, 6.45) is -1.40. The lowest BCUT2D eigenvalue weighted by molar-refractivity contribution is -0.148. The number of amides is 1. The Morgan fingerprint density at radius 1 is 1.14 bits per heavy atom. The quantitative estimate of drug-likeness (QED) is 0.774. The Morgan fingerprint density at radius 3 is 2.48 bits per heavy atom. The highest BCUT2D eigenvalue weighted by atomic mass is 16.4.